The third-order valence-electron chi connectivity index (χ3n) is 16.4. The van der Waals surface area contributed by atoms with Gasteiger partial charge in [-0.25, -0.2) is 0 Å². The van der Waals surface area contributed by atoms with Gasteiger partial charge in [0.25, 0.3) is 0 Å². The Labute approximate surface area is 267 Å². The molecule has 0 N–H and O–H groups in total. The van der Waals surface area contributed by atoms with Crippen molar-refractivity contribution in [1.29, 1.82) is 0 Å². The molecule has 0 aromatic heterocycles. The maximum Gasteiger partial charge on any atom is -0.0171 e. The number of hydrogen-bond donors (Lipinski definition) is 0. The van der Waals surface area contributed by atoms with Crippen molar-refractivity contribution in [3.63, 3.8) is 0 Å². The molecule has 0 aliphatic heterocycles. The second-order valence-corrected chi connectivity index (χ2v) is 19.0. The van der Waals surface area contributed by atoms with Crippen LogP contribution in [-0.4, -0.2) is 0 Å². The van der Waals surface area contributed by atoms with E-state index in [0.29, 0.717) is 0 Å². The lowest BCUT2D eigenvalue weighted by Crippen LogP contribution is -2.38. The van der Waals surface area contributed by atoms with E-state index in [9.17, 15) is 0 Å². The second-order valence-electron chi connectivity index (χ2n) is 19.0. The smallest absolute Gasteiger partial charge is 0.0171 e. The summed E-state index contributed by atoms with van der Waals surface area (Å²) in [6, 6.07) is 0. The standard InChI is InChI=1S/2C10H16.C10H14.C7H12.C6H12/c1-7-2-9-4-8(1)5-10(3-7)6-9;2*1-2-9-7-4-5-8(6-7)10(9)3-1;1-2-7-4-3-6(1)5-7;1-2-4-6-5-3-1/h2*7-10H,1-6H2;1-2,7-10H,3-6H2;6-7H,1-5H2;1-6H2. The molecule has 0 aromatic rings. The Morgan fingerprint density at radius 3 is 1.12 bits per heavy atom. The molecule has 0 nitrogen and oxygen atoms in total. The van der Waals surface area contributed by atoms with Crippen molar-refractivity contribution in [3.8, 4) is 0 Å². The fourth-order valence-corrected chi connectivity index (χ4v) is 14.7. The van der Waals surface area contributed by atoms with E-state index < -0.39 is 0 Å². The van der Waals surface area contributed by atoms with E-state index in [0.717, 1.165) is 23.7 Å². The van der Waals surface area contributed by atoms with Crippen LogP contribution in [0.1, 0.15) is 173 Å². The molecule has 10 bridgehead atoms. The highest BCUT2D eigenvalue weighted by Gasteiger charge is 2.49. The summed E-state index contributed by atoms with van der Waals surface area (Å²) in [5.74, 6) is 16.2. The van der Waals surface area contributed by atoms with Gasteiger partial charge < -0.3 is 0 Å². The van der Waals surface area contributed by atoms with E-state index in [1.807, 2.05) is 0 Å². The molecule has 0 aromatic carbocycles. The molecule has 0 spiro atoms. The summed E-state index contributed by atoms with van der Waals surface area (Å²) < 4.78 is 0. The molecule has 8 atom stereocenters. The Hall–Kier alpha value is -0.260. The van der Waals surface area contributed by atoms with Crippen molar-refractivity contribution in [3.05, 3.63) is 12.2 Å². The molecule has 43 heavy (non-hydrogen) atoms. The van der Waals surface area contributed by atoms with Gasteiger partial charge in [0, 0.05) is 0 Å². The van der Waals surface area contributed by atoms with Gasteiger partial charge in [-0.3, -0.25) is 0 Å². The molecule has 0 radical (unpaired) electrons. The first-order valence-corrected chi connectivity index (χ1v) is 20.9. The average molecular weight is 587 g/mol. The van der Waals surface area contributed by atoms with Crippen molar-refractivity contribution >= 4 is 0 Å². The Balaban J connectivity index is 0.0000000820. The summed E-state index contributed by atoms with van der Waals surface area (Å²) in [6.07, 6.45) is 47.0. The summed E-state index contributed by atoms with van der Waals surface area (Å²) in [4.78, 5) is 0. The van der Waals surface area contributed by atoms with Crippen LogP contribution in [0.4, 0.5) is 0 Å². The molecule has 0 heterocycles. The van der Waals surface area contributed by atoms with Gasteiger partial charge in [0.15, 0.2) is 0 Å². The lowest BCUT2D eigenvalue weighted by molar-refractivity contribution is 0.0198. The van der Waals surface area contributed by atoms with Crippen LogP contribution in [0.15, 0.2) is 12.2 Å². The molecule has 12 saturated carbocycles. The quantitative estimate of drug-likeness (QED) is 0.248. The van der Waals surface area contributed by atoms with Crippen molar-refractivity contribution in [2.45, 2.75) is 173 Å². The van der Waals surface area contributed by atoms with Crippen LogP contribution in [0, 0.1) is 82.9 Å². The maximum atomic E-state index is 2.49. The summed E-state index contributed by atoms with van der Waals surface area (Å²) >= 11 is 0. The predicted molar refractivity (Wildman–Crippen MR) is 183 cm³/mol. The highest BCUT2D eigenvalue weighted by molar-refractivity contribution is 5.12. The van der Waals surface area contributed by atoms with Crippen LogP contribution in [0.3, 0.4) is 0 Å². The third kappa shape index (κ3) is 6.90. The number of allylic oxidation sites excluding steroid dienone is 2. The van der Waals surface area contributed by atoms with Crippen LogP contribution in [0.5, 0.6) is 0 Å². The molecule has 13 rings (SSSR count). The second kappa shape index (κ2) is 13.8. The maximum absolute atomic E-state index is 2.49. The fourth-order valence-electron chi connectivity index (χ4n) is 14.7. The topological polar surface area (TPSA) is 0 Å². The van der Waals surface area contributed by atoms with E-state index in [4.69, 9.17) is 0 Å². The average Bonchev–Trinajstić information content (AvgIpc) is 3.90. The number of hydrogen-bond acceptors (Lipinski definition) is 0. The van der Waals surface area contributed by atoms with E-state index in [-0.39, 0.29) is 0 Å². The van der Waals surface area contributed by atoms with Crippen molar-refractivity contribution in [1.82, 2.24) is 0 Å². The minimum Gasteiger partial charge on any atom is -0.0879 e. The summed E-state index contributed by atoms with van der Waals surface area (Å²) in [5.41, 5.74) is 0. The lowest BCUT2D eigenvalue weighted by Gasteiger charge is -2.49. The Morgan fingerprint density at radius 2 is 0.698 bits per heavy atom. The zero-order chi connectivity index (χ0) is 28.6. The van der Waals surface area contributed by atoms with E-state index in [1.165, 1.54) is 111 Å². The lowest BCUT2D eigenvalue weighted by atomic mass is 9.56. The fraction of sp³-hybridized carbons (Fsp3) is 0.953. The van der Waals surface area contributed by atoms with Crippen LogP contribution in [0.25, 0.3) is 0 Å². The molecular weight excluding hydrogens is 516 g/mol. The minimum atomic E-state index is 1.03. The van der Waals surface area contributed by atoms with Gasteiger partial charge in [-0.05, 0) is 186 Å². The molecule has 13 aliphatic rings. The van der Waals surface area contributed by atoms with Gasteiger partial charge >= 0.3 is 0 Å². The van der Waals surface area contributed by atoms with Crippen molar-refractivity contribution < 1.29 is 0 Å². The first-order chi connectivity index (χ1) is 21.2. The van der Waals surface area contributed by atoms with E-state index >= 15 is 0 Å². The van der Waals surface area contributed by atoms with E-state index in [1.54, 1.807) is 122 Å². The third-order valence-corrected chi connectivity index (χ3v) is 16.4. The molecule has 0 saturated heterocycles. The van der Waals surface area contributed by atoms with Gasteiger partial charge in [0.1, 0.15) is 0 Å². The number of fused-ring (bicyclic) bond motifs is 12. The highest BCUT2D eigenvalue weighted by Crippen LogP contribution is 2.59. The molecule has 8 unspecified atom stereocenters. The Bertz CT molecular complexity index is 804. The van der Waals surface area contributed by atoms with E-state index in [2.05, 4.69) is 12.2 Å². The summed E-state index contributed by atoms with van der Waals surface area (Å²) in [6.45, 7) is 0. The van der Waals surface area contributed by atoms with Gasteiger partial charge in [-0.1, -0.05) is 82.8 Å². The molecule has 13 aliphatic carbocycles. The molecule has 12 fully saturated rings. The number of rotatable bonds is 0. The zero-order valence-corrected chi connectivity index (χ0v) is 28.3. The largest absolute Gasteiger partial charge is 0.0879 e. The van der Waals surface area contributed by atoms with Gasteiger partial charge in [-0.15, -0.1) is 0 Å². The SMILES string of the molecule is C1=CC2C3CCC(C3)C2C1.C1C2CC3CC1CC(C2)C3.C1CC2C3CCC(C3)C2C1.C1CC2CCC1C2.C1CCCCC1. The Kier molecular flexibility index (Phi) is 9.69. The predicted octanol–water partition coefficient (Wildman–Crippen LogP) is 12.8. The molecule has 242 valence electrons. The Morgan fingerprint density at radius 1 is 0.302 bits per heavy atom. The van der Waals surface area contributed by atoms with Gasteiger partial charge in [0.05, 0.1) is 0 Å². The van der Waals surface area contributed by atoms with Gasteiger partial charge in [-0.2, -0.15) is 0 Å². The first-order valence-electron chi connectivity index (χ1n) is 20.9. The molecule has 0 amide bonds. The van der Waals surface area contributed by atoms with Crippen LogP contribution in [0.2, 0.25) is 0 Å². The monoisotopic (exact) mass is 587 g/mol. The van der Waals surface area contributed by atoms with Gasteiger partial charge in [0.2, 0.25) is 0 Å². The van der Waals surface area contributed by atoms with Crippen LogP contribution in [-0.2, 0) is 0 Å². The van der Waals surface area contributed by atoms with Crippen LogP contribution >= 0.6 is 0 Å². The normalized spacial score (nSPS) is 51.0. The highest BCUT2D eigenvalue weighted by atomic mass is 14.5. The first kappa shape index (κ1) is 30.1. The van der Waals surface area contributed by atoms with Crippen LogP contribution < -0.4 is 0 Å². The summed E-state index contributed by atoms with van der Waals surface area (Å²) in [7, 11) is 0. The molecule has 0 heteroatoms. The summed E-state index contributed by atoms with van der Waals surface area (Å²) in [5, 5.41) is 0. The minimum absolute atomic E-state index is 1.03. The molecular formula is C43H70. The van der Waals surface area contributed by atoms with Crippen molar-refractivity contribution in [2.75, 3.05) is 0 Å². The zero-order valence-electron chi connectivity index (χ0n) is 28.3. The van der Waals surface area contributed by atoms with Crippen molar-refractivity contribution in [2.24, 2.45) is 82.9 Å².